The lowest BCUT2D eigenvalue weighted by molar-refractivity contribution is -0.116. The average molecular weight is 354 g/mol. The minimum atomic E-state index is -0.452. The number of aromatic nitrogens is 2. The molecule has 2 aromatic rings. The van der Waals surface area contributed by atoms with Gasteiger partial charge in [-0.3, -0.25) is 9.48 Å². The van der Waals surface area contributed by atoms with Crippen molar-refractivity contribution >= 4 is 27.5 Å². The van der Waals surface area contributed by atoms with Crippen LogP contribution in [0.3, 0.4) is 0 Å². The predicted molar refractivity (Wildman–Crippen MR) is 83.7 cm³/mol. The highest BCUT2D eigenvalue weighted by Gasteiger charge is 2.12. The van der Waals surface area contributed by atoms with E-state index in [2.05, 4.69) is 26.3 Å². The molecule has 2 rings (SSSR count). The standard InChI is InChI=1S/C15H17BrFN3O/c1-9-12(10(2)20(3)19-9)5-7-15(21)18-14-6-4-11(16)8-13(14)17/h4,6,8H,5,7H2,1-3H3,(H,18,21). The van der Waals surface area contributed by atoms with Crippen LogP contribution in [-0.2, 0) is 18.3 Å². The molecule has 1 aromatic heterocycles. The molecule has 0 spiro atoms. The van der Waals surface area contributed by atoms with E-state index in [0.717, 1.165) is 17.0 Å². The van der Waals surface area contributed by atoms with Gasteiger partial charge in [0.2, 0.25) is 5.91 Å². The van der Waals surface area contributed by atoms with Crippen LogP contribution >= 0.6 is 15.9 Å². The summed E-state index contributed by atoms with van der Waals surface area (Å²) in [5.74, 6) is -0.662. The van der Waals surface area contributed by atoms with E-state index in [4.69, 9.17) is 0 Å². The molecule has 1 aromatic carbocycles. The molecule has 0 fully saturated rings. The highest BCUT2D eigenvalue weighted by Crippen LogP contribution is 2.20. The number of hydrogen-bond donors (Lipinski definition) is 1. The van der Waals surface area contributed by atoms with Crippen LogP contribution in [0.2, 0.25) is 0 Å². The molecule has 6 heteroatoms. The Morgan fingerprint density at radius 3 is 2.71 bits per heavy atom. The number of carbonyl (C=O) groups excluding carboxylic acids is 1. The van der Waals surface area contributed by atoms with E-state index < -0.39 is 5.82 Å². The average Bonchev–Trinajstić information content (AvgIpc) is 2.65. The Kier molecular flexibility index (Phi) is 4.77. The lowest BCUT2D eigenvalue weighted by atomic mass is 10.1. The maximum absolute atomic E-state index is 13.6. The third kappa shape index (κ3) is 3.69. The van der Waals surface area contributed by atoms with Crippen LogP contribution in [0.4, 0.5) is 10.1 Å². The lowest BCUT2D eigenvalue weighted by Crippen LogP contribution is -2.13. The van der Waals surface area contributed by atoms with Crippen molar-refractivity contribution in [2.75, 3.05) is 5.32 Å². The first-order chi connectivity index (χ1) is 9.88. The first kappa shape index (κ1) is 15.7. The van der Waals surface area contributed by atoms with Gasteiger partial charge in [0, 0.05) is 23.6 Å². The van der Waals surface area contributed by atoms with E-state index in [-0.39, 0.29) is 11.6 Å². The molecule has 0 aliphatic heterocycles. The van der Waals surface area contributed by atoms with Crippen molar-refractivity contribution in [1.82, 2.24) is 9.78 Å². The van der Waals surface area contributed by atoms with Gasteiger partial charge in [0.15, 0.2) is 0 Å². The fourth-order valence-electron chi connectivity index (χ4n) is 2.22. The van der Waals surface area contributed by atoms with E-state index in [1.54, 1.807) is 10.7 Å². The Hall–Kier alpha value is -1.69. The Balaban J connectivity index is 1.99. The van der Waals surface area contributed by atoms with Crippen LogP contribution < -0.4 is 5.32 Å². The van der Waals surface area contributed by atoms with Crippen LogP contribution in [0, 0.1) is 19.7 Å². The van der Waals surface area contributed by atoms with Crippen molar-refractivity contribution in [2.45, 2.75) is 26.7 Å². The molecule has 0 unspecified atom stereocenters. The molecule has 21 heavy (non-hydrogen) atoms. The largest absolute Gasteiger partial charge is 0.324 e. The zero-order valence-corrected chi connectivity index (χ0v) is 13.8. The molecule has 0 bridgehead atoms. The second-order valence-corrected chi connectivity index (χ2v) is 5.86. The molecule has 0 atom stereocenters. The zero-order chi connectivity index (χ0) is 15.6. The van der Waals surface area contributed by atoms with Gasteiger partial charge >= 0.3 is 0 Å². The number of aryl methyl sites for hydroxylation is 2. The second kappa shape index (κ2) is 6.39. The minimum absolute atomic E-state index is 0.197. The molecule has 0 aliphatic carbocycles. The van der Waals surface area contributed by atoms with Gasteiger partial charge in [-0.25, -0.2) is 4.39 Å². The van der Waals surface area contributed by atoms with Gasteiger partial charge in [-0.05, 0) is 44.0 Å². The summed E-state index contributed by atoms with van der Waals surface area (Å²) in [4.78, 5) is 11.9. The Morgan fingerprint density at radius 2 is 2.14 bits per heavy atom. The summed E-state index contributed by atoms with van der Waals surface area (Å²) >= 11 is 3.18. The van der Waals surface area contributed by atoms with Gasteiger partial charge in [-0.15, -0.1) is 0 Å². The van der Waals surface area contributed by atoms with Crippen molar-refractivity contribution < 1.29 is 9.18 Å². The third-order valence-corrected chi connectivity index (χ3v) is 3.96. The number of amides is 1. The summed E-state index contributed by atoms with van der Waals surface area (Å²) in [6.45, 7) is 3.90. The van der Waals surface area contributed by atoms with E-state index in [0.29, 0.717) is 17.3 Å². The third-order valence-electron chi connectivity index (χ3n) is 3.47. The van der Waals surface area contributed by atoms with E-state index >= 15 is 0 Å². The maximum Gasteiger partial charge on any atom is 0.224 e. The van der Waals surface area contributed by atoms with Crippen molar-refractivity contribution in [3.63, 3.8) is 0 Å². The van der Waals surface area contributed by atoms with E-state index in [9.17, 15) is 9.18 Å². The molecule has 4 nitrogen and oxygen atoms in total. The van der Waals surface area contributed by atoms with Crippen molar-refractivity contribution in [3.8, 4) is 0 Å². The molecule has 1 heterocycles. The van der Waals surface area contributed by atoms with E-state index in [1.807, 2.05) is 20.9 Å². The molecule has 0 saturated heterocycles. The normalized spacial score (nSPS) is 10.7. The SMILES string of the molecule is Cc1nn(C)c(C)c1CCC(=O)Nc1ccc(Br)cc1F. The molecule has 1 N–H and O–H groups in total. The van der Waals surface area contributed by atoms with Gasteiger partial charge in [0.25, 0.3) is 0 Å². The quantitative estimate of drug-likeness (QED) is 0.914. The lowest BCUT2D eigenvalue weighted by Gasteiger charge is -2.07. The number of hydrogen-bond acceptors (Lipinski definition) is 2. The van der Waals surface area contributed by atoms with Crippen LogP contribution in [-0.4, -0.2) is 15.7 Å². The number of rotatable bonds is 4. The second-order valence-electron chi connectivity index (χ2n) is 4.95. The summed E-state index contributed by atoms with van der Waals surface area (Å²) in [6.07, 6.45) is 0.887. The fraction of sp³-hybridized carbons (Fsp3) is 0.333. The van der Waals surface area contributed by atoms with Crippen LogP contribution in [0.5, 0.6) is 0 Å². The smallest absolute Gasteiger partial charge is 0.224 e. The number of carbonyl (C=O) groups is 1. The Labute approximate surface area is 131 Å². The molecule has 112 valence electrons. The number of nitrogens with one attached hydrogen (secondary N) is 1. The van der Waals surface area contributed by atoms with E-state index in [1.165, 1.54) is 12.1 Å². The summed E-state index contributed by atoms with van der Waals surface area (Å²) in [7, 11) is 1.88. The minimum Gasteiger partial charge on any atom is -0.324 e. The molecule has 0 saturated carbocycles. The highest BCUT2D eigenvalue weighted by atomic mass is 79.9. The predicted octanol–water partition coefficient (Wildman–Crippen LogP) is 3.51. The topological polar surface area (TPSA) is 46.9 Å². The summed E-state index contributed by atoms with van der Waals surface area (Å²) in [6, 6.07) is 4.55. The molecule has 1 amide bonds. The first-order valence-electron chi connectivity index (χ1n) is 6.62. The molecule has 0 aliphatic rings. The van der Waals surface area contributed by atoms with Gasteiger partial charge in [-0.2, -0.15) is 5.10 Å². The molecular weight excluding hydrogens is 337 g/mol. The highest BCUT2D eigenvalue weighted by molar-refractivity contribution is 9.10. The van der Waals surface area contributed by atoms with Crippen molar-refractivity contribution in [1.29, 1.82) is 0 Å². The maximum atomic E-state index is 13.6. The van der Waals surface area contributed by atoms with Crippen molar-refractivity contribution in [3.05, 3.63) is 45.4 Å². The van der Waals surface area contributed by atoms with Crippen LogP contribution in [0.25, 0.3) is 0 Å². The van der Waals surface area contributed by atoms with Crippen LogP contribution in [0.15, 0.2) is 22.7 Å². The van der Waals surface area contributed by atoms with Gasteiger partial charge in [-0.1, -0.05) is 15.9 Å². The Bertz CT molecular complexity index is 682. The summed E-state index contributed by atoms with van der Waals surface area (Å²) in [5, 5.41) is 6.91. The van der Waals surface area contributed by atoms with Crippen molar-refractivity contribution in [2.24, 2.45) is 7.05 Å². The monoisotopic (exact) mass is 353 g/mol. The number of anilines is 1. The van der Waals surface area contributed by atoms with Crippen LogP contribution in [0.1, 0.15) is 23.4 Å². The van der Waals surface area contributed by atoms with Gasteiger partial charge < -0.3 is 5.32 Å². The number of nitrogens with zero attached hydrogens (tertiary/aromatic N) is 2. The molecular formula is C15H17BrFN3O. The fourth-order valence-corrected chi connectivity index (χ4v) is 2.55. The summed E-state index contributed by atoms with van der Waals surface area (Å²) in [5.41, 5.74) is 3.25. The van der Waals surface area contributed by atoms with Gasteiger partial charge in [0.1, 0.15) is 5.82 Å². The Morgan fingerprint density at radius 1 is 1.43 bits per heavy atom. The zero-order valence-electron chi connectivity index (χ0n) is 12.2. The number of benzene rings is 1. The van der Waals surface area contributed by atoms with Gasteiger partial charge in [0.05, 0.1) is 11.4 Å². The summed E-state index contributed by atoms with van der Waals surface area (Å²) < 4.78 is 16.1. The number of halogens is 2. The molecule has 0 radical (unpaired) electrons. The first-order valence-corrected chi connectivity index (χ1v) is 7.41.